The van der Waals surface area contributed by atoms with Crippen molar-refractivity contribution in [2.45, 2.75) is 13.5 Å². The molecule has 0 bridgehead atoms. The Bertz CT molecular complexity index is 884. The van der Waals surface area contributed by atoms with Crippen LogP contribution in [0.15, 0.2) is 34.7 Å². The first-order valence-electron chi connectivity index (χ1n) is 6.29. The molecule has 106 valence electrons. The second-order valence-electron chi connectivity index (χ2n) is 4.36. The molecule has 0 saturated carbocycles. The normalized spacial score (nSPS) is 10.9. The van der Waals surface area contributed by atoms with Gasteiger partial charge in [0.25, 0.3) is 5.56 Å². The third-order valence-corrected chi connectivity index (χ3v) is 4.05. The van der Waals surface area contributed by atoms with E-state index < -0.39 is 5.97 Å². The van der Waals surface area contributed by atoms with Crippen molar-refractivity contribution in [1.29, 1.82) is 0 Å². The number of aromatic nitrogens is 3. The molecule has 1 N–H and O–H groups in total. The Balaban J connectivity index is 2.39. The molecule has 0 amide bonds. The van der Waals surface area contributed by atoms with Crippen molar-refractivity contribution in [2.24, 2.45) is 0 Å². The second-order valence-corrected chi connectivity index (χ2v) is 5.21. The van der Waals surface area contributed by atoms with Crippen LogP contribution in [0.2, 0.25) is 0 Å². The third-order valence-electron chi connectivity index (χ3n) is 3.18. The largest absolute Gasteiger partial charge is 0.478 e. The summed E-state index contributed by atoms with van der Waals surface area (Å²) >= 11 is 1.16. The fourth-order valence-electron chi connectivity index (χ4n) is 2.20. The predicted octanol–water partition coefficient (Wildman–Crippen LogP) is 2.24. The standard InChI is InChI=1S/C14H11N3O3S/c1-2-17-11(8-3-5-15-6-4-8)16-12-10(13(17)18)9(7-21-12)14(19)20/h3-7H,2H2,1H3,(H,19,20). The van der Waals surface area contributed by atoms with Gasteiger partial charge in [-0.3, -0.25) is 14.3 Å². The van der Waals surface area contributed by atoms with Crippen molar-refractivity contribution in [3.05, 3.63) is 45.8 Å². The van der Waals surface area contributed by atoms with Gasteiger partial charge in [0.1, 0.15) is 10.7 Å². The van der Waals surface area contributed by atoms with Gasteiger partial charge >= 0.3 is 5.97 Å². The van der Waals surface area contributed by atoms with Crippen LogP contribution in [-0.4, -0.2) is 25.6 Å². The maximum Gasteiger partial charge on any atom is 0.337 e. The first-order valence-corrected chi connectivity index (χ1v) is 7.17. The number of pyridine rings is 1. The molecule has 0 atom stereocenters. The fourth-order valence-corrected chi connectivity index (χ4v) is 3.10. The summed E-state index contributed by atoms with van der Waals surface area (Å²) in [6.07, 6.45) is 3.26. The van der Waals surface area contributed by atoms with Crippen molar-refractivity contribution < 1.29 is 9.90 Å². The third kappa shape index (κ3) is 2.11. The summed E-state index contributed by atoms with van der Waals surface area (Å²) in [6.45, 7) is 2.24. The van der Waals surface area contributed by atoms with Gasteiger partial charge in [-0.15, -0.1) is 11.3 Å². The van der Waals surface area contributed by atoms with Crippen molar-refractivity contribution >= 4 is 27.5 Å². The van der Waals surface area contributed by atoms with Gasteiger partial charge in [-0.2, -0.15) is 0 Å². The molecule has 0 aliphatic carbocycles. The van der Waals surface area contributed by atoms with Gasteiger partial charge in [0.2, 0.25) is 0 Å². The molecule has 3 rings (SSSR count). The summed E-state index contributed by atoms with van der Waals surface area (Å²) in [5.74, 6) is -0.587. The highest BCUT2D eigenvalue weighted by atomic mass is 32.1. The van der Waals surface area contributed by atoms with E-state index >= 15 is 0 Å². The zero-order chi connectivity index (χ0) is 15.0. The highest BCUT2D eigenvalue weighted by molar-refractivity contribution is 7.17. The Hall–Kier alpha value is -2.54. The van der Waals surface area contributed by atoms with E-state index in [9.17, 15) is 9.59 Å². The zero-order valence-corrected chi connectivity index (χ0v) is 11.9. The molecule has 0 aliphatic heterocycles. The maximum atomic E-state index is 12.6. The summed E-state index contributed by atoms with van der Waals surface area (Å²) in [5, 5.41) is 10.8. The molecule has 0 aliphatic rings. The lowest BCUT2D eigenvalue weighted by atomic mass is 10.2. The van der Waals surface area contributed by atoms with E-state index in [1.54, 1.807) is 24.5 Å². The van der Waals surface area contributed by atoms with E-state index in [1.165, 1.54) is 9.95 Å². The molecule has 3 aromatic heterocycles. The zero-order valence-electron chi connectivity index (χ0n) is 11.1. The first kappa shape index (κ1) is 13.4. The van der Waals surface area contributed by atoms with Crippen LogP contribution < -0.4 is 5.56 Å². The summed E-state index contributed by atoms with van der Waals surface area (Å²) in [6, 6.07) is 3.54. The Morgan fingerprint density at radius 1 is 1.38 bits per heavy atom. The molecule has 7 heteroatoms. The minimum Gasteiger partial charge on any atom is -0.478 e. The van der Waals surface area contributed by atoms with Crippen molar-refractivity contribution in [3.63, 3.8) is 0 Å². The lowest BCUT2D eigenvalue weighted by Gasteiger charge is -2.10. The van der Waals surface area contributed by atoms with Crippen LogP contribution in [0.3, 0.4) is 0 Å². The monoisotopic (exact) mass is 301 g/mol. The molecule has 3 heterocycles. The van der Waals surface area contributed by atoms with Crippen LogP contribution in [0, 0.1) is 0 Å². The number of carboxylic acids is 1. The van der Waals surface area contributed by atoms with Gasteiger partial charge in [0, 0.05) is 29.9 Å². The molecule has 0 saturated heterocycles. The predicted molar refractivity (Wildman–Crippen MR) is 79.7 cm³/mol. The second kappa shape index (κ2) is 5.10. The van der Waals surface area contributed by atoms with E-state index in [4.69, 9.17) is 5.11 Å². The van der Waals surface area contributed by atoms with Crippen LogP contribution in [0.25, 0.3) is 21.6 Å². The topological polar surface area (TPSA) is 85.1 Å². The van der Waals surface area contributed by atoms with E-state index in [0.29, 0.717) is 17.2 Å². The highest BCUT2D eigenvalue weighted by Crippen LogP contribution is 2.25. The smallest absolute Gasteiger partial charge is 0.337 e. The first-order chi connectivity index (χ1) is 10.1. The van der Waals surface area contributed by atoms with Crippen LogP contribution in [0.5, 0.6) is 0 Å². The molecule has 6 nitrogen and oxygen atoms in total. The van der Waals surface area contributed by atoms with Gasteiger partial charge in [-0.25, -0.2) is 9.78 Å². The van der Waals surface area contributed by atoms with Crippen molar-refractivity contribution in [2.75, 3.05) is 0 Å². The van der Waals surface area contributed by atoms with Crippen LogP contribution in [0.4, 0.5) is 0 Å². The minimum absolute atomic E-state index is 0.0102. The maximum absolute atomic E-state index is 12.6. The minimum atomic E-state index is -1.11. The Kier molecular flexibility index (Phi) is 3.26. The van der Waals surface area contributed by atoms with E-state index in [2.05, 4.69) is 9.97 Å². The average Bonchev–Trinajstić information content (AvgIpc) is 2.92. The van der Waals surface area contributed by atoms with E-state index in [-0.39, 0.29) is 16.5 Å². The summed E-state index contributed by atoms with van der Waals surface area (Å²) in [7, 11) is 0. The molecule has 0 unspecified atom stereocenters. The van der Waals surface area contributed by atoms with E-state index in [1.807, 2.05) is 6.92 Å². The number of rotatable bonds is 3. The molecule has 21 heavy (non-hydrogen) atoms. The number of thiophene rings is 1. The van der Waals surface area contributed by atoms with Crippen LogP contribution in [0.1, 0.15) is 17.3 Å². The number of hydrogen-bond donors (Lipinski definition) is 1. The fraction of sp³-hybridized carbons (Fsp3) is 0.143. The average molecular weight is 301 g/mol. The van der Waals surface area contributed by atoms with Crippen LogP contribution in [-0.2, 0) is 6.54 Å². The Morgan fingerprint density at radius 2 is 2.10 bits per heavy atom. The number of carbonyl (C=O) groups is 1. The van der Waals surface area contributed by atoms with Gasteiger partial charge < -0.3 is 5.11 Å². The van der Waals surface area contributed by atoms with E-state index in [0.717, 1.165) is 16.9 Å². The van der Waals surface area contributed by atoms with Crippen LogP contribution >= 0.6 is 11.3 Å². The number of fused-ring (bicyclic) bond motifs is 1. The number of carboxylic acid groups (broad SMARTS) is 1. The molecule has 0 fully saturated rings. The quantitative estimate of drug-likeness (QED) is 0.802. The Labute approximate surface area is 123 Å². The van der Waals surface area contributed by atoms with Gasteiger partial charge in [0.05, 0.1) is 10.9 Å². The lowest BCUT2D eigenvalue weighted by Crippen LogP contribution is -2.23. The molecule has 0 spiro atoms. The number of hydrogen-bond acceptors (Lipinski definition) is 5. The highest BCUT2D eigenvalue weighted by Gasteiger charge is 2.19. The van der Waals surface area contributed by atoms with Crippen molar-refractivity contribution in [3.8, 4) is 11.4 Å². The summed E-state index contributed by atoms with van der Waals surface area (Å²) < 4.78 is 1.48. The van der Waals surface area contributed by atoms with Crippen molar-refractivity contribution in [1.82, 2.24) is 14.5 Å². The molecular weight excluding hydrogens is 290 g/mol. The summed E-state index contributed by atoms with van der Waals surface area (Å²) in [5.41, 5.74) is 0.458. The van der Waals surface area contributed by atoms with Gasteiger partial charge in [0.15, 0.2) is 0 Å². The molecule has 0 aromatic carbocycles. The van der Waals surface area contributed by atoms with Gasteiger partial charge in [-0.1, -0.05) is 0 Å². The van der Waals surface area contributed by atoms with Gasteiger partial charge in [-0.05, 0) is 19.1 Å². The Morgan fingerprint density at radius 3 is 2.71 bits per heavy atom. The number of nitrogens with zero attached hydrogens (tertiary/aromatic N) is 3. The molecule has 0 radical (unpaired) electrons. The summed E-state index contributed by atoms with van der Waals surface area (Å²) in [4.78, 5) is 32.7. The number of aromatic carboxylic acids is 1. The lowest BCUT2D eigenvalue weighted by molar-refractivity contribution is 0.0699. The molecular formula is C14H11N3O3S. The SMILES string of the molecule is CCn1c(-c2ccncc2)nc2scc(C(=O)O)c2c1=O. The molecule has 3 aromatic rings.